The van der Waals surface area contributed by atoms with Crippen molar-refractivity contribution in [2.45, 2.75) is 50.6 Å². The molecule has 0 aromatic carbocycles. The van der Waals surface area contributed by atoms with Crippen molar-refractivity contribution in [3.8, 4) is 0 Å². The van der Waals surface area contributed by atoms with E-state index in [0.717, 1.165) is 25.7 Å². The lowest BCUT2D eigenvalue weighted by atomic mass is 10.0. The number of rotatable bonds is 6. The van der Waals surface area contributed by atoms with E-state index in [2.05, 4.69) is 10.6 Å². The van der Waals surface area contributed by atoms with Crippen LogP contribution in [0.4, 0.5) is 4.79 Å². The Balaban J connectivity index is 2.43. The van der Waals surface area contributed by atoms with Gasteiger partial charge in [0.05, 0.1) is 0 Å². The molecule has 0 aliphatic heterocycles. The van der Waals surface area contributed by atoms with Gasteiger partial charge in [-0.25, -0.2) is 9.59 Å². The molecule has 3 N–H and O–H groups in total. The largest absolute Gasteiger partial charge is 0.480 e. The van der Waals surface area contributed by atoms with Gasteiger partial charge in [0.15, 0.2) is 0 Å². The molecule has 5 nitrogen and oxygen atoms in total. The molecule has 0 heterocycles. The molecule has 1 aliphatic carbocycles. The Labute approximate surface area is 112 Å². The highest BCUT2D eigenvalue weighted by molar-refractivity contribution is 7.98. The molecule has 1 saturated carbocycles. The molecule has 1 atom stereocenters. The van der Waals surface area contributed by atoms with Crippen molar-refractivity contribution in [2.75, 3.05) is 12.0 Å². The Bertz CT molecular complexity index is 304. The van der Waals surface area contributed by atoms with Gasteiger partial charge in [0.2, 0.25) is 0 Å². The van der Waals surface area contributed by atoms with E-state index in [0.29, 0.717) is 12.2 Å². The van der Waals surface area contributed by atoms with E-state index >= 15 is 0 Å². The van der Waals surface area contributed by atoms with Crippen molar-refractivity contribution < 1.29 is 14.7 Å². The number of carbonyl (C=O) groups is 2. The number of urea groups is 1. The number of hydrogen-bond donors (Lipinski definition) is 3. The second kappa shape index (κ2) is 6.87. The predicted molar refractivity (Wildman–Crippen MR) is 73.0 cm³/mol. The number of thioether (sulfide) groups is 1. The third-order valence-corrected chi connectivity index (χ3v) is 3.98. The minimum atomic E-state index is -0.976. The molecule has 0 unspecified atom stereocenters. The monoisotopic (exact) mass is 274 g/mol. The van der Waals surface area contributed by atoms with Gasteiger partial charge in [0, 0.05) is 5.54 Å². The zero-order valence-electron chi connectivity index (χ0n) is 11.0. The van der Waals surface area contributed by atoms with Crippen LogP contribution in [-0.2, 0) is 4.79 Å². The van der Waals surface area contributed by atoms with E-state index < -0.39 is 12.0 Å². The number of amides is 2. The summed E-state index contributed by atoms with van der Waals surface area (Å²) in [6.07, 6.45) is 6.52. The molecular weight excluding hydrogens is 252 g/mol. The molecule has 1 aliphatic rings. The first-order valence-electron chi connectivity index (χ1n) is 6.27. The van der Waals surface area contributed by atoms with Crippen LogP contribution in [0.1, 0.15) is 39.0 Å². The van der Waals surface area contributed by atoms with Gasteiger partial charge in [-0.05, 0) is 38.2 Å². The van der Waals surface area contributed by atoms with Crippen molar-refractivity contribution in [2.24, 2.45) is 0 Å². The maximum absolute atomic E-state index is 11.8. The first-order chi connectivity index (χ1) is 8.47. The van der Waals surface area contributed by atoms with Crippen LogP contribution < -0.4 is 10.6 Å². The maximum Gasteiger partial charge on any atom is 0.326 e. The van der Waals surface area contributed by atoms with Gasteiger partial charge in [0.1, 0.15) is 6.04 Å². The van der Waals surface area contributed by atoms with Crippen LogP contribution in [0.3, 0.4) is 0 Å². The molecule has 6 heteroatoms. The average Bonchev–Trinajstić information content (AvgIpc) is 2.70. The predicted octanol–water partition coefficient (Wildman–Crippen LogP) is 1.82. The van der Waals surface area contributed by atoms with E-state index in [9.17, 15) is 9.59 Å². The molecule has 0 spiro atoms. The summed E-state index contributed by atoms with van der Waals surface area (Å²) in [5, 5.41) is 14.5. The van der Waals surface area contributed by atoms with Crippen molar-refractivity contribution in [1.29, 1.82) is 0 Å². The zero-order chi connectivity index (χ0) is 13.6. The third-order valence-electron chi connectivity index (χ3n) is 3.34. The first kappa shape index (κ1) is 15.1. The van der Waals surface area contributed by atoms with Crippen LogP contribution in [0.25, 0.3) is 0 Å². The molecule has 104 valence electrons. The molecule has 1 rings (SSSR count). The summed E-state index contributed by atoms with van der Waals surface area (Å²) in [7, 11) is 0. The smallest absolute Gasteiger partial charge is 0.326 e. The summed E-state index contributed by atoms with van der Waals surface area (Å²) >= 11 is 1.57. The van der Waals surface area contributed by atoms with Crippen molar-refractivity contribution in [1.82, 2.24) is 10.6 Å². The van der Waals surface area contributed by atoms with Crippen LogP contribution in [0.5, 0.6) is 0 Å². The highest BCUT2D eigenvalue weighted by Gasteiger charge is 2.31. The fourth-order valence-corrected chi connectivity index (χ4v) is 2.71. The van der Waals surface area contributed by atoms with Crippen LogP contribution in [0.2, 0.25) is 0 Å². The van der Waals surface area contributed by atoms with Crippen LogP contribution in [-0.4, -0.2) is 40.7 Å². The standard InChI is InChI=1S/C12H22N2O3S/c1-12(6-3-4-7-12)14-11(17)13-9(10(15)16)5-8-18-2/h9H,3-8H2,1-2H3,(H,15,16)(H2,13,14,17)/t9-/m1/s1. The quantitative estimate of drug-likeness (QED) is 0.690. The lowest BCUT2D eigenvalue weighted by molar-refractivity contribution is -0.139. The van der Waals surface area contributed by atoms with Gasteiger partial charge < -0.3 is 15.7 Å². The van der Waals surface area contributed by atoms with E-state index in [1.165, 1.54) is 0 Å². The normalized spacial score (nSPS) is 19.2. The summed E-state index contributed by atoms with van der Waals surface area (Å²) in [6, 6.07) is -1.17. The molecule has 0 aromatic rings. The molecule has 0 radical (unpaired) electrons. The van der Waals surface area contributed by atoms with Crippen LogP contribution >= 0.6 is 11.8 Å². The average molecular weight is 274 g/mol. The molecule has 0 aromatic heterocycles. The maximum atomic E-state index is 11.8. The lowest BCUT2D eigenvalue weighted by Crippen LogP contribution is -2.53. The van der Waals surface area contributed by atoms with Gasteiger partial charge in [-0.1, -0.05) is 12.8 Å². The molecule has 0 saturated heterocycles. The molecular formula is C12H22N2O3S. The van der Waals surface area contributed by atoms with Crippen molar-refractivity contribution in [3.63, 3.8) is 0 Å². The Morgan fingerprint density at radius 2 is 2.00 bits per heavy atom. The zero-order valence-corrected chi connectivity index (χ0v) is 11.8. The Hall–Kier alpha value is -0.910. The fraction of sp³-hybridized carbons (Fsp3) is 0.833. The van der Waals surface area contributed by atoms with Gasteiger partial charge in [-0.15, -0.1) is 0 Å². The van der Waals surface area contributed by atoms with E-state index in [-0.39, 0.29) is 11.6 Å². The molecule has 2 amide bonds. The molecule has 0 bridgehead atoms. The summed E-state index contributed by atoms with van der Waals surface area (Å²) in [5.41, 5.74) is -0.174. The summed E-state index contributed by atoms with van der Waals surface area (Å²) < 4.78 is 0. The van der Waals surface area contributed by atoms with Crippen molar-refractivity contribution >= 4 is 23.8 Å². The highest BCUT2D eigenvalue weighted by atomic mass is 32.2. The van der Waals surface area contributed by atoms with Gasteiger partial charge in [-0.2, -0.15) is 11.8 Å². The van der Waals surface area contributed by atoms with E-state index in [1.54, 1.807) is 11.8 Å². The number of hydrogen-bond acceptors (Lipinski definition) is 3. The summed E-state index contributed by atoms with van der Waals surface area (Å²) in [6.45, 7) is 2.01. The topological polar surface area (TPSA) is 78.4 Å². The number of aliphatic carboxylic acids is 1. The first-order valence-corrected chi connectivity index (χ1v) is 7.67. The Kier molecular flexibility index (Phi) is 5.78. The number of carboxylic acid groups (broad SMARTS) is 1. The lowest BCUT2D eigenvalue weighted by Gasteiger charge is -2.26. The highest BCUT2D eigenvalue weighted by Crippen LogP contribution is 2.28. The van der Waals surface area contributed by atoms with E-state index in [1.807, 2.05) is 13.2 Å². The Morgan fingerprint density at radius 1 is 1.39 bits per heavy atom. The van der Waals surface area contributed by atoms with Crippen molar-refractivity contribution in [3.05, 3.63) is 0 Å². The molecule has 1 fully saturated rings. The number of carbonyl (C=O) groups excluding carboxylic acids is 1. The van der Waals surface area contributed by atoms with Gasteiger partial charge in [-0.3, -0.25) is 0 Å². The number of nitrogens with one attached hydrogen (secondary N) is 2. The third kappa shape index (κ3) is 4.76. The Morgan fingerprint density at radius 3 is 2.50 bits per heavy atom. The minimum absolute atomic E-state index is 0.174. The van der Waals surface area contributed by atoms with Gasteiger partial charge >= 0.3 is 12.0 Å². The molecule has 18 heavy (non-hydrogen) atoms. The van der Waals surface area contributed by atoms with E-state index in [4.69, 9.17) is 5.11 Å². The van der Waals surface area contributed by atoms with Crippen LogP contribution in [0.15, 0.2) is 0 Å². The van der Waals surface area contributed by atoms with Gasteiger partial charge in [0.25, 0.3) is 0 Å². The fourth-order valence-electron chi connectivity index (χ4n) is 2.24. The minimum Gasteiger partial charge on any atom is -0.480 e. The summed E-state index contributed by atoms with van der Waals surface area (Å²) in [4.78, 5) is 22.8. The second-order valence-corrected chi connectivity index (χ2v) is 6.02. The summed E-state index contributed by atoms with van der Waals surface area (Å²) in [5.74, 6) is -0.259. The van der Waals surface area contributed by atoms with Crippen LogP contribution in [0, 0.1) is 0 Å². The SMILES string of the molecule is CSCC[C@@H](NC(=O)NC1(C)CCCC1)C(=O)O. The second-order valence-electron chi connectivity index (χ2n) is 5.04. The number of carboxylic acids is 1.